The van der Waals surface area contributed by atoms with Gasteiger partial charge in [0.25, 0.3) is 5.95 Å². The molecule has 134 valence electrons. The first kappa shape index (κ1) is 16.5. The molecule has 0 aromatic carbocycles. The van der Waals surface area contributed by atoms with Gasteiger partial charge in [0.05, 0.1) is 17.5 Å². The summed E-state index contributed by atoms with van der Waals surface area (Å²) in [5, 5.41) is 14.6. The first-order chi connectivity index (χ1) is 12.1. The van der Waals surface area contributed by atoms with Crippen molar-refractivity contribution in [3.05, 3.63) is 29.7 Å². The third kappa shape index (κ3) is 3.27. The Morgan fingerprint density at radius 2 is 1.96 bits per heavy atom. The number of anilines is 1. The minimum atomic E-state index is -0.621. The van der Waals surface area contributed by atoms with E-state index in [0.717, 1.165) is 24.0 Å². The lowest BCUT2D eigenvalue weighted by molar-refractivity contribution is 0.193. The predicted molar refractivity (Wildman–Crippen MR) is 96.9 cm³/mol. The highest BCUT2D eigenvalue weighted by molar-refractivity contribution is 5.44. The summed E-state index contributed by atoms with van der Waals surface area (Å²) in [6.07, 6.45) is 9.04. The fraction of sp³-hybridized carbons (Fsp3) is 0.632. The molecule has 0 amide bonds. The van der Waals surface area contributed by atoms with E-state index in [2.05, 4.69) is 15.0 Å². The maximum absolute atomic E-state index is 10.1. The van der Waals surface area contributed by atoms with Gasteiger partial charge in [0.15, 0.2) is 0 Å². The molecule has 0 bridgehead atoms. The van der Waals surface area contributed by atoms with Gasteiger partial charge in [-0.1, -0.05) is 12.8 Å². The van der Waals surface area contributed by atoms with Crippen LogP contribution in [0.3, 0.4) is 0 Å². The van der Waals surface area contributed by atoms with Gasteiger partial charge in [0.1, 0.15) is 5.82 Å². The highest BCUT2D eigenvalue weighted by Gasteiger charge is 2.34. The van der Waals surface area contributed by atoms with E-state index >= 15 is 0 Å². The van der Waals surface area contributed by atoms with Crippen LogP contribution in [0.4, 0.5) is 5.82 Å². The summed E-state index contributed by atoms with van der Waals surface area (Å²) >= 11 is 0. The normalized spacial score (nSPS) is 24.8. The second-order valence-corrected chi connectivity index (χ2v) is 7.48. The number of hydrogen-bond donors (Lipinski definition) is 1. The maximum atomic E-state index is 10.1. The van der Waals surface area contributed by atoms with Crippen LogP contribution in [0, 0.1) is 12.8 Å². The van der Waals surface area contributed by atoms with E-state index in [1.165, 1.54) is 38.5 Å². The zero-order valence-corrected chi connectivity index (χ0v) is 15.1. The lowest BCUT2D eigenvalue weighted by Crippen LogP contribution is -2.47. The Morgan fingerprint density at radius 3 is 2.72 bits per heavy atom. The molecule has 6 nitrogen and oxygen atoms in total. The highest BCUT2D eigenvalue weighted by atomic mass is 16.3. The van der Waals surface area contributed by atoms with Gasteiger partial charge < -0.3 is 10.0 Å². The van der Waals surface area contributed by atoms with Gasteiger partial charge in [-0.05, 0) is 51.5 Å². The second kappa shape index (κ2) is 6.75. The Bertz CT molecular complexity index is 739. The van der Waals surface area contributed by atoms with E-state index < -0.39 is 6.10 Å². The number of aromatic nitrogens is 4. The van der Waals surface area contributed by atoms with Crippen molar-refractivity contribution in [3.63, 3.8) is 0 Å². The van der Waals surface area contributed by atoms with Gasteiger partial charge in [0, 0.05) is 24.8 Å². The molecule has 1 aliphatic heterocycles. The lowest BCUT2D eigenvalue weighted by atomic mass is 9.78. The molecule has 1 N–H and O–H groups in total. The van der Waals surface area contributed by atoms with E-state index in [9.17, 15) is 5.11 Å². The number of hydrogen-bond acceptors (Lipinski definition) is 5. The first-order valence-corrected chi connectivity index (χ1v) is 9.48. The fourth-order valence-electron chi connectivity index (χ4n) is 4.34. The third-order valence-electron chi connectivity index (χ3n) is 5.61. The van der Waals surface area contributed by atoms with Crippen molar-refractivity contribution in [2.45, 2.75) is 64.5 Å². The van der Waals surface area contributed by atoms with Crippen molar-refractivity contribution in [2.75, 3.05) is 11.4 Å². The Labute approximate surface area is 148 Å². The summed E-state index contributed by atoms with van der Waals surface area (Å²) in [6, 6.07) is 4.48. The van der Waals surface area contributed by atoms with Crippen LogP contribution in [0.25, 0.3) is 5.95 Å². The van der Waals surface area contributed by atoms with Crippen molar-refractivity contribution < 1.29 is 5.11 Å². The van der Waals surface area contributed by atoms with Crippen molar-refractivity contribution in [3.8, 4) is 5.95 Å². The summed E-state index contributed by atoms with van der Waals surface area (Å²) in [6.45, 7) is 4.74. The van der Waals surface area contributed by atoms with Gasteiger partial charge >= 0.3 is 0 Å². The van der Waals surface area contributed by atoms with Crippen molar-refractivity contribution in [2.24, 2.45) is 5.92 Å². The molecule has 4 rings (SSSR count). The molecule has 0 spiro atoms. The predicted octanol–water partition coefficient (Wildman–Crippen LogP) is 3.18. The molecule has 1 saturated carbocycles. The summed E-state index contributed by atoms with van der Waals surface area (Å²) in [7, 11) is 0. The SMILES string of the molecule is Cc1ccn(-c2nc(C(C)O)cc(N3CCCC4CCCCC43)n2)n1. The van der Waals surface area contributed by atoms with Gasteiger partial charge in [-0.25, -0.2) is 9.67 Å². The van der Waals surface area contributed by atoms with Crippen LogP contribution in [-0.4, -0.2) is 37.4 Å². The minimum Gasteiger partial charge on any atom is -0.387 e. The lowest BCUT2D eigenvalue weighted by Gasteiger charge is -2.44. The van der Waals surface area contributed by atoms with Crippen molar-refractivity contribution in [1.82, 2.24) is 19.7 Å². The van der Waals surface area contributed by atoms with Gasteiger partial charge in [-0.3, -0.25) is 0 Å². The molecular weight excluding hydrogens is 314 g/mol. The van der Waals surface area contributed by atoms with Gasteiger partial charge in [-0.2, -0.15) is 10.1 Å². The second-order valence-electron chi connectivity index (χ2n) is 7.48. The van der Waals surface area contributed by atoms with Crippen LogP contribution in [0.2, 0.25) is 0 Å². The van der Waals surface area contributed by atoms with Crippen molar-refractivity contribution in [1.29, 1.82) is 0 Å². The van der Waals surface area contributed by atoms with Gasteiger partial charge in [0.2, 0.25) is 0 Å². The number of aryl methyl sites for hydroxylation is 1. The number of rotatable bonds is 3. The van der Waals surface area contributed by atoms with Crippen LogP contribution in [0.5, 0.6) is 0 Å². The molecule has 0 radical (unpaired) electrons. The molecule has 25 heavy (non-hydrogen) atoms. The number of piperidine rings is 1. The van der Waals surface area contributed by atoms with Gasteiger partial charge in [-0.15, -0.1) is 0 Å². The Hall–Kier alpha value is -1.95. The fourth-order valence-corrected chi connectivity index (χ4v) is 4.34. The molecule has 3 heterocycles. The Kier molecular flexibility index (Phi) is 4.46. The monoisotopic (exact) mass is 341 g/mol. The molecule has 3 unspecified atom stereocenters. The molecule has 3 atom stereocenters. The largest absolute Gasteiger partial charge is 0.387 e. The molecular formula is C19H27N5O. The summed E-state index contributed by atoms with van der Waals surface area (Å²) in [4.78, 5) is 11.8. The smallest absolute Gasteiger partial charge is 0.252 e. The number of aliphatic hydroxyl groups is 1. The molecule has 2 aliphatic rings. The minimum absolute atomic E-state index is 0.541. The quantitative estimate of drug-likeness (QED) is 0.929. The summed E-state index contributed by atoms with van der Waals surface area (Å²) in [5.74, 6) is 2.26. The van der Waals surface area contributed by atoms with E-state index in [1.54, 1.807) is 11.6 Å². The van der Waals surface area contributed by atoms with E-state index in [-0.39, 0.29) is 0 Å². The number of nitrogens with zero attached hydrogens (tertiary/aromatic N) is 5. The average Bonchev–Trinajstić information content (AvgIpc) is 3.07. The molecule has 6 heteroatoms. The highest BCUT2D eigenvalue weighted by Crippen LogP contribution is 2.37. The Morgan fingerprint density at radius 1 is 1.16 bits per heavy atom. The molecule has 1 saturated heterocycles. The van der Waals surface area contributed by atoms with Crippen LogP contribution < -0.4 is 4.90 Å². The van der Waals surface area contributed by atoms with Crippen LogP contribution >= 0.6 is 0 Å². The third-order valence-corrected chi connectivity index (χ3v) is 5.61. The van der Waals surface area contributed by atoms with E-state index in [4.69, 9.17) is 4.98 Å². The molecule has 1 aliphatic carbocycles. The zero-order chi connectivity index (χ0) is 17.4. The van der Waals surface area contributed by atoms with Crippen molar-refractivity contribution >= 4 is 5.82 Å². The summed E-state index contributed by atoms with van der Waals surface area (Å²) < 4.78 is 1.70. The van der Waals surface area contributed by atoms with Crippen LogP contribution in [0.15, 0.2) is 18.3 Å². The van der Waals surface area contributed by atoms with E-state index in [0.29, 0.717) is 17.7 Å². The molecule has 2 fully saturated rings. The summed E-state index contributed by atoms with van der Waals surface area (Å²) in [5.41, 5.74) is 1.59. The zero-order valence-electron chi connectivity index (χ0n) is 15.1. The van der Waals surface area contributed by atoms with Crippen LogP contribution in [0.1, 0.15) is 62.9 Å². The standard InChI is InChI=1S/C19H27N5O/c1-13-9-11-24(22-13)19-20-16(14(2)25)12-18(21-19)23-10-5-7-15-6-3-4-8-17(15)23/h9,11-12,14-15,17,25H,3-8,10H2,1-2H3. The molecule has 2 aromatic rings. The Balaban J connectivity index is 1.73. The molecule has 2 aromatic heterocycles. The topological polar surface area (TPSA) is 67.1 Å². The number of fused-ring (bicyclic) bond motifs is 1. The maximum Gasteiger partial charge on any atom is 0.252 e. The number of aliphatic hydroxyl groups excluding tert-OH is 1. The van der Waals surface area contributed by atoms with E-state index in [1.807, 2.05) is 25.3 Å². The average molecular weight is 341 g/mol. The van der Waals surface area contributed by atoms with Crippen LogP contribution in [-0.2, 0) is 0 Å². The first-order valence-electron chi connectivity index (χ1n) is 9.48.